The first kappa shape index (κ1) is 16.4. The predicted molar refractivity (Wildman–Crippen MR) is 97.1 cm³/mol. The van der Waals surface area contributed by atoms with Crippen molar-refractivity contribution in [3.63, 3.8) is 0 Å². The van der Waals surface area contributed by atoms with Crippen molar-refractivity contribution in [3.05, 3.63) is 59.7 Å². The summed E-state index contributed by atoms with van der Waals surface area (Å²) in [5.41, 5.74) is 3.72. The summed E-state index contributed by atoms with van der Waals surface area (Å²) < 4.78 is 0. The zero-order chi connectivity index (χ0) is 16.1. The number of hydrogen-bond donors (Lipinski definition) is 1. The maximum absolute atomic E-state index is 12.4. The molecule has 4 heteroatoms. The molecule has 0 aliphatic carbocycles. The highest BCUT2D eigenvalue weighted by Crippen LogP contribution is 2.27. The average Bonchev–Trinajstić information content (AvgIpc) is 2.54. The fraction of sp³-hybridized carbons (Fsp3) is 0.278. The summed E-state index contributed by atoms with van der Waals surface area (Å²) in [6.07, 6.45) is 2.09. The van der Waals surface area contributed by atoms with E-state index in [-0.39, 0.29) is 5.91 Å². The van der Waals surface area contributed by atoms with E-state index in [0.29, 0.717) is 10.8 Å². The van der Waals surface area contributed by atoms with Crippen LogP contribution >= 0.6 is 11.8 Å². The van der Waals surface area contributed by atoms with E-state index in [4.69, 9.17) is 0 Å². The van der Waals surface area contributed by atoms with Crippen LogP contribution in [0.2, 0.25) is 0 Å². The summed E-state index contributed by atoms with van der Waals surface area (Å²) >= 11 is 1.79. The highest BCUT2D eigenvalue weighted by molar-refractivity contribution is 7.98. The summed E-state index contributed by atoms with van der Waals surface area (Å²) in [6.45, 7) is 2.16. The van der Waals surface area contributed by atoms with Crippen LogP contribution in [0.15, 0.2) is 48.5 Å². The number of rotatable bonds is 5. The van der Waals surface area contributed by atoms with E-state index in [1.165, 1.54) is 5.56 Å². The molecule has 1 N–H and O–H groups in total. The van der Waals surface area contributed by atoms with Crippen molar-refractivity contribution in [1.29, 1.82) is 0 Å². The van der Waals surface area contributed by atoms with Gasteiger partial charge in [0, 0.05) is 36.3 Å². The lowest BCUT2D eigenvalue weighted by Gasteiger charge is -2.14. The maximum Gasteiger partial charge on any atom is 0.255 e. The molecule has 0 aliphatic rings. The van der Waals surface area contributed by atoms with Crippen LogP contribution in [0.1, 0.15) is 28.1 Å². The summed E-state index contributed by atoms with van der Waals surface area (Å²) in [7, 11) is 3.93. The minimum absolute atomic E-state index is 0.0855. The summed E-state index contributed by atoms with van der Waals surface area (Å²) in [6, 6.07) is 15.6. The Morgan fingerprint density at radius 2 is 1.86 bits per heavy atom. The maximum atomic E-state index is 12.4. The number of nitrogens with zero attached hydrogens (tertiary/aromatic N) is 1. The first-order valence-corrected chi connectivity index (χ1v) is 8.51. The van der Waals surface area contributed by atoms with Crippen molar-refractivity contribution in [1.82, 2.24) is 0 Å². The molecule has 1 atom stereocenters. The monoisotopic (exact) mass is 314 g/mol. The third-order valence-corrected chi connectivity index (χ3v) is 4.57. The highest BCUT2D eigenvalue weighted by atomic mass is 32.2. The molecule has 2 rings (SSSR count). The molecule has 0 spiro atoms. The number of amides is 1. The summed E-state index contributed by atoms with van der Waals surface area (Å²) in [4.78, 5) is 14.4. The van der Waals surface area contributed by atoms with Gasteiger partial charge in [-0.3, -0.25) is 4.79 Å². The van der Waals surface area contributed by atoms with Crippen molar-refractivity contribution >= 4 is 29.0 Å². The van der Waals surface area contributed by atoms with Crippen LogP contribution in [0.25, 0.3) is 0 Å². The van der Waals surface area contributed by atoms with E-state index in [9.17, 15) is 4.79 Å². The zero-order valence-corrected chi connectivity index (χ0v) is 14.3. The van der Waals surface area contributed by atoms with Crippen LogP contribution in [0.4, 0.5) is 11.4 Å². The van der Waals surface area contributed by atoms with Crippen LogP contribution < -0.4 is 10.2 Å². The second-order valence-corrected chi connectivity index (χ2v) is 6.58. The van der Waals surface area contributed by atoms with Gasteiger partial charge in [0.25, 0.3) is 5.91 Å². The number of hydrogen-bond acceptors (Lipinski definition) is 3. The number of benzene rings is 2. The van der Waals surface area contributed by atoms with E-state index in [1.807, 2.05) is 61.5 Å². The molecule has 2 aromatic carbocycles. The van der Waals surface area contributed by atoms with E-state index in [2.05, 4.69) is 24.6 Å². The van der Waals surface area contributed by atoms with Gasteiger partial charge in [0.2, 0.25) is 0 Å². The molecular weight excluding hydrogens is 292 g/mol. The minimum Gasteiger partial charge on any atom is -0.378 e. The molecule has 0 heterocycles. The largest absolute Gasteiger partial charge is 0.378 e. The lowest BCUT2D eigenvalue weighted by molar-refractivity contribution is 0.102. The molecule has 3 nitrogen and oxygen atoms in total. The molecule has 2 aromatic rings. The Morgan fingerprint density at radius 1 is 1.14 bits per heavy atom. The standard InChI is InChI=1S/C18H22N2OS/c1-13(22-4)14-7-5-9-16(11-14)19-18(21)15-8-6-10-17(12-15)20(2)3/h5-13H,1-4H3,(H,19,21). The van der Waals surface area contributed by atoms with Crippen LogP contribution in [0.3, 0.4) is 0 Å². The lowest BCUT2D eigenvalue weighted by atomic mass is 10.1. The molecular formula is C18H22N2OS. The third-order valence-electron chi connectivity index (χ3n) is 3.59. The van der Waals surface area contributed by atoms with Gasteiger partial charge in [-0.1, -0.05) is 18.2 Å². The average molecular weight is 314 g/mol. The Labute approximate surface area is 136 Å². The van der Waals surface area contributed by atoms with Crippen molar-refractivity contribution in [2.45, 2.75) is 12.2 Å². The second kappa shape index (κ2) is 7.36. The molecule has 0 aliphatic heterocycles. The van der Waals surface area contributed by atoms with E-state index >= 15 is 0 Å². The molecule has 1 unspecified atom stereocenters. The highest BCUT2D eigenvalue weighted by Gasteiger charge is 2.09. The van der Waals surface area contributed by atoms with Gasteiger partial charge >= 0.3 is 0 Å². The number of carbonyl (C=O) groups is 1. The van der Waals surface area contributed by atoms with Crippen molar-refractivity contribution < 1.29 is 4.79 Å². The van der Waals surface area contributed by atoms with Crippen molar-refractivity contribution in [3.8, 4) is 0 Å². The SMILES string of the molecule is CSC(C)c1cccc(NC(=O)c2cccc(N(C)C)c2)c1. The lowest BCUT2D eigenvalue weighted by Crippen LogP contribution is -2.14. The van der Waals surface area contributed by atoms with Gasteiger partial charge < -0.3 is 10.2 Å². The molecule has 0 saturated carbocycles. The number of anilines is 2. The third kappa shape index (κ3) is 4.04. The molecule has 1 amide bonds. The Kier molecular flexibility index (Phi) is 5.50. The molecule has 0 saturated heterocycles. The van der Waals surface area contributed by atoms with E-state index in [0.717, 1.165) is 11.4 Å². The Morgan fingerprint density at radius 3 is 2.55 bits per heavy atom. The normalized spacial score (nSPS) is 11.8. The predicted octanol–water partition coefficient (Wildman–Crippen LogP) is 4.43. The van der Waals surface area contributed by atoms with Gasteiger partial charge in [0.05, 0.1) is 0 Å². The van der Waals surface area contributed by atoms with E-state index in [1.54, 1.807) is 11.8 Å². The van der Waals surface area contributed by atoms with E-state index < -0.39 is 0 Å². The van der Waals surface area contributed by atoms with Crippen LogP contribution in [-0.4, -0.2) is 26.3 Å². The molecule has 22 heavy (non-hydrogen) atoms. The van der Waals surface area contributed by atoms with Gasteiger partial charge in [-0.2, -0.15) is 11.8 Å². The summed E-state index contributed by atoms with van der Waals surface area (Å²) in [5, 5.41) is 3.39. The van der Waals surface area contributed by atoms with Crippen LogP contribution in [0.5, 0.6) is 0 Å². The van der Waals surface area contributed by atoms with Gasteiger partial charge in [-0.15, -0.1) is 0 Å². The number of carbonyl (C=O) groups excluding carboxylic acids is 1. The molecule has 116 valence electrons. The van der Waals surface area contributed by atoms with Gasteiger partial charge in [0.1, 0.15) is 0 Å². The Balaban J connectivity index is 2.17. The van der Waals surface area contributed by atoms with Gasteiger partial charge in [0.15, 0.2) is 0 Å². The van der Waals surface area contributed by atoms with Crippen molar-refractivity contribution in [2.24, 2.45) is 0 Å². The van der Waals surface area contributed by atoms with Crippen LogP contribution in [-0.2, 0) is 0 Å². The van der Waals surface area contributed by atoms with Crippen LogP contribution in [0, 0.1) is 0 Å². The quantitative estimate of drug-likeness (QED) is 0.886. The Bertz CT molecular complexity index is 655. The number of nitrogens with one attached hydrogen (secondary N) is 1. The molecule has 0 bridgehead atoms. The van der Waals surface area contributed by atoms with Gasteiger partial charge in [-0.25, -0.2) is 0 Å². The fourth-order valence-electron chi connectivity index (χ4n) is 2.13. The summed E-state index contributed by atoms with van der Waals surface area (Å²) in [5.74, 6) is -0.0855. The topological polar surface area (TPSA) is 32.3 Å². The molecule has 0 fully saturated rings. The first-order chi connectivity index (χ1) is 10.5. The smallest absolute Gasteiger partial charge is 0.255 e. The molecule has 0 radical (unpaired) electrons. The second-order valence-electron chi connectivity index (χ2n) is 5.40. The van der Waals surface area contributed by atoms with Crippen molar-refractivity contribution in [2.75, 3.05) is 30.6 Å². The number of thioether (sulfide) groups is 1. The first-order valence-electron chi connectivity index (χ1n) is 7.22. The fourth-order valence-corrected chi connectivity index (χ4v) is 2.55. The minimum atomic E-state index is -0.0855. The van der Waals surface area contributed by atoms with Gasteiger partial charge in [-0.05, 0) is 49.1 Å². The molecule has 0 aromatic heterocycles. The Hall–Kier alpha value is -1.94. The zero-order valence-electron chi connectivity index (χ0n) is 13.5.